The van der Waals surface area contributed by atoms with E-state index < -0.39 is 0 Å². The first-order valence-corrected chi connectivity index (χ1v) is 7.28. The van der Waals surface area contributed by atoms with Crippen LogP contribution in [0.1, 0.15) is 33.6 Å². The van der Waals surface area contributed by atoms with Crippen molar-refractivity contribution in [3.05, 3.63) is 0 Å². The number of hydrogen-bond acceptors (Lipinski definition) is 3. The number of rotatable bonds is 3. The first-order chi connectivity index (χ1) is 8.56. The minimum absolute atomic E-state index is 0.237. The number of amides is 1. The maximum Gasteiger partial charge on any atom is 0.219 e. The molecular formula is C14H27N3O. The van der Waals surface area contributed by atoms with E-state index in [4.69, 9.17) is 0 Å². The molecule has 0 saturated carbocycles. The number of carbonyl (C=O) groups is 1. The average Bonchev–Trinajstić information content (AvgIpc) is 2.78. The molecule has 0 aromatic rings. The molecule has 2 aliphatic heterocycles. The van der Waals surface area contributed by atoms with Crippen LogP contribution in [0, 0.1) is 5.92 Å². The van der Waals surface area contributed by atoms with Gasteiger partial charge in [0.25, 0.3) is 0 Å². The molecule has 18 heavy (non-hydrogen) atoms. The van der Waals surface area contributed by atoms with Crippen molar-refractivity contribution < 1.29 is 4.79 Å². The largest absolute Gasteiger partial charge is 0.343 e. The summed E-state index contributed by atoms with van der Waals surface area (Å²) in [4.78, 5) is 18.4. The van der Waals surface area contributed by atoms with E-state index in [-0.39, 0.29) is 5.91 Å². The quantitative estimate of drug-likeness (QED) is 0.757. The summed E-state index contributed by atoms with van der Waals surface area (Å²) in [7, 11) is 0. The van der Waals surface area contributed by atoms with Gasteiger partial charge >= 0.3 is 0 Å². The second kappa shape index (κ2) is 6.02. The molecule has 0 aromatic carbocycles. The Bertz CT molecular complexity index is 285. The summed E-state index contributed by atoms with van der Waals surface area (Å²) >= 11 is 0. The molecule has 0 radical (unpaired) electrons. The highest BCUT2D eigenvalue weighted by Gasteiger charge is 2.26. The zero-order valence-corrected chi connectivity index (χ0v) is 12.1. The van der Waals surface area contributed by atoms with E-state index in [1.165, 1.54) is 32.5 Å². The van der Waals surface area contributed by atoms with E-state index in [1.807, 2.05) is 4.90 Å². The lowest BCUT2D eigenvalue weighted by molar-refractivity contribution is -0.130. The molecular weight excluding hydrogens is 226 g/mol. The van der Waals surface area contributed by atoms with Crippen LogP contribution < -0.4 is 0 Å². The van der Waals surface area contributed by atoms with Gasteiger partial charge in [0.05, 0.1) is 6.67 Å². The molecule has 4 nitrogen and oxygen atoms in total. The second-order valence-corrected chi connectivity index (χ2v) is 6.07. The van der Waals surface area contributed by atoms with Gasteiger partial charge in [0, 0.05) is 45.7 Å². The van der Waals surface area contributed by atoms with Crippen LogP contribution in [0.4, 0.5) is 0 Å². The fourth-order valence-electron chi connectivity index (χ4n) is 3.03. The third kappa shape index (κ3) is 3.45. The molecule has 0 spiro atoms. The van der Waals surface area contributed by atoms with Crippen LogP contribution >= 0.6 is 0 Å². The molecule has 2 rings (SSSR count). The van der Waals surface area contributed by atoms with Gasteiger partial charge in [0.1, 0.15) is 0 Å². The van der Waals surface area contributed by atoms with Crippen molar-refractivity contribution in [3.63, 3.8) is 0 Å². The van der Waals surface area contributed by atoms with Crippen molar-refractivity contribution in [3.8, 4) is 0 Å². The van der Waals surface area contributed by atoms with Gasteiger partial charge < -0.3 is 4.90 Å². The van der Waals surface area contributed by atoms with Crippen molar-refractivity contribution in [1.82, 2.24) is 14.7 Å². The zero-order chi connectivity index (χ0) is 13.1. The van der Waals surface area contributed by atoms with E-state index in [0.717, 1.165) is 25.7 Å². The Kier molecular flexibility index (Phi) is 4.62. The van der Waals surface area contributed by atoms with E-state index in [1.54, 1.807) is 6.92 Å². The van der Waals surface area contributed by atoms with Gasteiger partial charge in [0.2, 0.25) is 5.91 Å². The van der Waals surface area contributed by atoms with Gasteiger partial charge in [-0.1, -0.05) is 0 Å². The Morgan fingerprint density at radius 2 is 1.83 bits per heavy atom. The number of nitrogens with zero attached hydrogens (tertiary/aromatic N) is 3. The minimum atomic E-state index is 0.237. The number of piperidine rings is 1. The van der Waals surface area contributed by atoms with Gasteiger partial charge in [-0.05, 0) is 32.6 Å². The van der Waals surface area contributed by atoms with Gasteiger partial charge in [0.15, 0.2) is 0 Å². The standard InChI is InChI=1S/C14H27N3O/c1-12(2)17-9-8-15(11-17)10-14-4-6-16(7-5-14)13(3)18/h12,14H,4-11H2,1-3H3. The molecule has 0 aliphatic carbocycles. The van der Waals surface area contributed by atoms with Crippen LogP contribution in [0.2, 0.25) is 0 Å². The summed E-state index contributed by atoms with van der Waals surface area (Å²) in [5.41, 5.74) is 0. The van der Waals surface area contributed by atoms with Crippen molar-refractivity contribution in [2.45, 2.75) is 39.7 Å². The van der Waals surface area contributed by atoms with Crippen LogP contribution in [0.15, 0.2) is 0 Å². The summed E-state index contributed by atoms with van der Waals surface area (Å²) in [6.45, 7) is 12.9. The van der Waals surface area contributed by atoms with Crippen molar-refractivity contribution in [1.29, 1.82) is 0 Å². The predicted molar refractivity (Wildman–Crippen MR) is 73.3 cm³/mol. The molecule has 2 fully saturated rings. The molecule has 0 bridgehead atoms. The highest BCUT2D eigenvalue weighted by molar-refractivity contribution is 5.73. The normalized spacial score (nSPS) is 24.1. The first-order valence-electron chi connectivity index (χ1n) is 7.28. The minimum Gasteiger partial charge on any atom is -0.343 e. The number of hydrogen-bond donors (Lipinski definition) is 0. The van der Waals surface area contributed by atoms with Crippen LogP contribution in [0.25, 0.3) is 0 Å². The smallest absolute Gasteiger partial charge is 0.219 e. The maximum atomic E-state index is 11.3. The fourth-order valence-corrected chi connectivity index (χ4v) is 3.03. The molecule has 0 aromatic heterocycles. The predicted octanol–water partition coefficient (Wildman–Crippen LogP) is 1.23. The van der Waals surface area contributed by atoms with Gasteiger partial charge in [-0.15, -0.1) is 0 Å². The Balaban J connectivity index is 1.71. The Morgan fingerprint density at radius 1 is 1.17 bits per heavy atom. The molecule has 0 N–H and O–H groups in total. The Labute approximate surface area is 111 Å². The van der Waals surface area contributed by atoms with Crippen molar-refractivity contribution in [2.75, 3.05) is 39.4 Å². The Hall–Kier alpha value is -0.610. The molecule has 0 unspecified atom stereocenters. The summed E-state index contributed by atoms with van der Waals surface area (Å²) in [6.07, 6.45) is 2.36. The van der Waals surface area contributed by atoms with E-state index in [2.05, 4.69) is 23.6 Å². The lowest BCUT2D eigenvalue weighted by Gasteiger charge is -2.33. The monoisotopic (exact) mass is 253 g/mol. The van der Waals surface area contributed by atoms with Crippen LogP contribution in [0.5, 0.6) is 0 Å². The molecule has 104 valence electrons. The highest BCUT2D eigenvalue weighted by Crippen LogP contribution is 2.20. The van der Waals surface area contributed by atoms with Gasteiger partial charge in [-0.3, -0.25) is 14.6 Å². The lowest BCUT2D eigenvalue weighted by atomic mass is 9.96. The van der Waals surface area contributed by atoms with Crippen molar-refractivity contribution in [2.24, 2.45) is 5.92 Å². The Morgan fingerprint density at radius 3 is 2.33 bits per heavy atom. The molecule has 1 amide bonds. The summed E-state index contributed by atoms with van der Waals surface area (Å²) in [5.74, 6) is 1.02. The zero-order valence-electron chi connectivity index (χ0n) is 12.1. The SMILES string of the molecule is CC(=O)N1CCC(CN2CCN(C(C)C)C2)CC1. The third-order valence-electron chi connectivity index (χ3n) is 4.39. The number of carbonyl (C=O) groups excluding carboxylic acids is 1. The highest BCUT2D eigenvalue weighted by atomic mass is 16.2. The first kappa shape index (κ1) is 13.8. The second-order valence-electron chi connectivity index (χ2n) is 6.07. The average molecular weight is 253 g/mol. The van der Waals surface area contributed by atoms with Crippen LogP contribution in [0.3, 0.4) is 0 Å². The molecule has 0 atom stereocenters. The number of likely N-dealkylation sites (tertiary alicyclic amines) is 1. The topological polar surface area (TPSA) is 26.8 Å². The maximum absolute atomic E-state index is 11.3. The molecule has 4 heteroatoms. The summed E-state index contributed by atoms with van der Waals surface area (Å²) < 4.78 is 0. The summed E-state index contributed by atoms with van der Waals surface area (Å²) in [5, 5.41) is 0. The molecule has 2 heterocycles. The van der Waals surface area contributed by atoms with E-state index >= 15 is 0 Å². The lowest BCUT2D eigenvalue weighted by Crippen LogP contribution is -2.40. The van der Waals surface area contributed by atoms with E-state index in [0.29, 0.717) is 6.04 Å². The molecule has 2 saturated heterocycles. The van der Waals surface area contributed by atoms with Crippen LogP contribution in [-0.2, 0) is 4.79 Å². The fraction of sp³-hybridized carbons (Fsp3) is 0.929. The van der Waals surface area contributed by atoms with Crippen LogP contribution in [-0.4, -0.2) is 66.0 Å². The van der Waals surface area contributed by atoms with Crippen molar-refractivity contribution >= 4 is 5.91 Å². The molecule has 2 aliphatic rings. The van der Waals surface area contributed by atoms with E-state index in [9.17, 15) is 4.79 Å². The van der Waals surface area contributed by atoms with Gasteiger partial charge in [-0.25, -0.2) is 0 Å². The van der Waals surface area contributed by atoms with Gasteiger partial charge in [-0.2, -0.15) is 0 Å². The third-order valence-corrected chi connectivity index (χ3v) is 4.39. The summed E-state index contributed by atoms with van der Waals surface area (Å²) in [6, 6.07) is 0.662.